The topological polar surface area (TPSA) is 193 Å². The van der Waals surface area contributed by atoms with E-state index in [0.29, 0.717) is 55.2 Å². The summed E-state index contributed by atoms with van der Waals surface area (Å²) in [6, 6.07) is 23.1. The van der Waals surface area contributed by atoms with Gasteiger partial charge in [-0.2, -0.15) is 15.8 Å². The molecule has 0 atom stereocenters. The number of benzene rings is 2. The molecule has 7 rings (SSSR count). The first-order valence-corrected chi connectivity index (χ1v) is 16.5. The summed E-state index contributed by atoms with van der Waals surface area (Å²) in [5, 5.41) is 28.0. The highest BCUT2D eigenvalue weighted by Gasteiger charge is 2.51. The maximum Gasteiger partial charge on any atom is 0.494 e. The molecular weight excluding hydrogens is 712 g/mol. The van der Waals surface area contributed by atoms with E-state index >= 15 is 0 Å². The van der Waals surface area contributed by atoms with Crippen LogP contribution in [-0.4, -0.2) is 58.2 Å². The van der Waals surface area contributed by atoms with Gasteiger partial charge in [0.1, 0.15) is 30.5 Å². The molecule has 1 aliphatic rings. The lowest BCUT2D eigenvalue weighted by molar-refractivity contribution is 0.00578. The van der Waals surface area contributed by atoms with Crippen LogP contribution in [0.5, 0.6) is 0 Å². The first kappa shape index (κ1) is 38.0. The second kappa shape index (κ2) is 16.9. The Labute approximate surface area is 316 Å². The summed E-state index contributed by atoms with van der Waals surface area (Å²) in [4.78, 5) is 32.1. The van der Waals surface area contributed by atoms with Gasteiger partial charge >= 0.3 is 7.12 Å². The highest BCUT2D eigenvalue weighted by atomic mass is 35.5. The van der Waals surface area contributed by atoms with Crippen LogP contribution in [0.1, 0.15) is 44.4 Å². The third-order valence-electron chi connectivity index (χ3n) is 8.05. The van der Waals surface area contributed by atoms with E-state index in [1.165, 1.54) is 31.4 Å². The Morgan fingerprint density at radius 3 is 1.55 bits per heavy atom. The van der Waals surface area contributed by atoms with E-state index in [2.05, 4.69) is 45.9 Å². The number of aromatic nitrogens is 8. The average molecular weight is 740 g/mol. The van der Waals surface area contributed by atoms with E-state index in [9.17, 15) is 0 Å². The first-order valence-electron chi connectivity index (χ1n) is 15.8. The van der Waals surface area contributed by atoms with E-state index in [0.717, 1.165) is 11.2 Å². The van der Waals surface area contributed by atoms with Crippen LogP contribution in [-0.2, 0) is 9.31 Å². The number of rotatable bonds is 4. The molecule has 0 unspecified atom stereocenters. The summed E-state index contributed by atoms with van der Waals surface area (Å²) in [7, 11) is -0.485. The maximum atomic E-state index is 9.05. The van der Waals surface area contributed by atoms with Gasteiger partial charge in [-0.15, -0.1) is 0 Å². The zero-order chi connectivity index (χ0) is 38.0. The van der Waals surface area contributed by atoms with Crippen molar-refractivity contribution in [3.05, 3.63) is 125 Å². The Morgan fingerprint density at radius 1 is 0.547 bits per heavy atom. The molecule has 0 amide bonds. The van der Waals surface area contributed by atoms with Crippen LogP contribution in [0.3, 0.4) is 0 Å². The van der Waals surface area contributed by atoms with E-state index in [1.54, 1.807) is 67.0 Å². The Kier molecular flexibility index (Phi) is 12.1. The largest absolute Gasteiger partial charge is 0.494 e. The van der Waals surface area contributed by atoms with Crippen LogP contribution >= 0.6 is 23.2 Å². The molecule has 13 nitrogen and oxygen atoms in total. The SMILES string of the molecule is CC1(C)OB(c2cc(Cl)cc(C#N)c2)OC1(C)C.Clc1cc(-c2ccncn2)ncn1.N#Cc1cc(C#N)cc(-c2cc(-c3ccncn3)ncn2)c1. The molecule has 1 fully saturated rings. The van der Waals surface area contributed by atoms with E-state index in [-0.39, 0.29) is 0 Å². The van der Waals surface area contributed by atoms with Gasteiger partial charge in [-0.05, 0) is 87.8 Å². The van der Waals surface area contributed by atoms with E-state index < -0.39 is 18.3 Å². The van der Waals surface area contributed by atoms with Crippen molar-refractivity contribution >= 4 is 35.8 Å². The predicted molar refractivity (Wildman–Crippen MR) is 198 cm³/mol. The Morgan fingerprint density at radius 2 is 1.04 bits per heavy atom. The Balaban J connectivity index is 0.000000158. The van der Waals surface area contributed by atoms with Crippen LogP contribution in [0.4, 0.5) is 0 Å². The minimum Gasteiger partial charge on any atom is -0.399 e. The summed E-state index contributed by atoms with van der Waals surface area (Å²) in [5.41, 5.74) is 5.38. The second-order valence-electron chi connectivity index (χ2n) is 12.2. The van der Waals surface area contributed by atoms with Crippen molar-refractivity contribution in [3.63, 3.8) is 0 Å². The van der Waals surface area contributed by atoms with Crippen molar-refractivity contribution in [1.82, 2.24) is 39.9 Å². The standard InChI is InChI=1S/C16H8N6.C13H15BClNO2.C8H5ClN4/c17-7-11-3-12(8-18)5-13(4-11)15-6-16(22-10-21-15)14-1-2-19-9-20-14;1-12(2)13(3,4)18-14(17-12)10-5-9(8-16)6-11(15)7-10;9-8-3-7(12-5-13-8)6-1-2-10-4-11-6/h1-6,9-10H;5-7H,1-4H3;1-5H. The quantitative estimate of drug-likeness (QED) is 0.142. The zero-order valence-electron chi connectivity index (χ0n) is 28.8. The number of nitrogens with zero attached hydrogens (tertiary/aromatic N) is 11. The van der Waals surface area contributed by atoms with Crippen LogP contribution in [0, 0.1) is 34.0 Å². The zero-order valence-corrected chi connectivity index (χ0v) is 30.3. The molecule has 6 aromatic rings. The predicted octanol–water partition coefficient (Wildman–Crippen LogP) is 6.44. The van der Waals surface area contributed by atoms with Crippen molar-refractivity contribution < 1.29 is 9.31 Å². The van der Waals surface area contributed by atoms with Gasteiger partial charge in [0.25, 0.3) is 0 Å². The van der Waals surface area contributed by atoms with Crippen molar-refractivity contribution in [2.24, 2.45) is 0 Å². The Hall–Kier alpha value is -6.21. The third-order valence-corrected chi connectivity index (χ3v) is 8.48. The Bertz CT molecular complexity index is 2300. The lowest BCUT2D eigenvalue weighted by Crippen LogP contribution is -2.41. The smallest absolute Gasteiger partial charge is 0.399 e. The summed E-state index contributed by atoms with van der Waals surface area (Å²) in [5.74, 6) is 0. The molecule has 0 radical (unpaired) electrons. The van der Waals surface area contributed by atoms with Gasteiger partial charge < -0.3 is 9.31 Å². The summed E-state index contributed by atoms with van der Waals surface area (Å²) in [6.45, 7) is 7.96. The van der Waals surface area contributed by atoms with Crippen LogP contribution < -0.4 is 5.46 Å². The van der Waals surface area contributed by atoms with Crippen molar-refractivity contribution in [2.75, 3.05) is 0 Å². The van der Waals surface area contributed by atoms with Crippen LogP contribution in [0.15, 0.2) is 98.4 Å². The molecule has 5 heterocycles. The highest BCUT2D eigenvalue weighted by molar-refractivity contribution is 6.62. The lowest BCUT2D eigenvalue weighted by atomic mass is 9.78. The van der Waals surface area contributed by atoms with Gasteiger partial charge in [0.15, 0.2) is 0 Å². The monoisotopic (exact) mass is 739 g/mol. The fourth-order valence-electron chi connectivity index (χ4n) is 4.71. The minimum atomic E-state index is -0.485. The molecule has 4 aromatic heterocycles. The summed E-state index contributed by atoms with van der Waals surface area (Å²) in [6.07, 6.45) is 9.02. The maximum absolute atomic E-state index is 9.05. The molecule has 0 bridgehead atoms. The van der Waals surface area contributed by atoms with Gasteiger partial charge in [-0.25, -0.2) is 39.9 Å². The van der Waals surface area contributed by atoms with Crippen molar-refractivity contribution in [1.29, 1.82) is 15.8 Å². The first-order chi connectivity index (χ1) is 25.4. The fourth-order valence-corrected chi connectivity index (χ4v) is 5.10. The lowest BCUT2D eigenvalue weighted by Gasteiger charge is -2.32. The van der Waals surface area contributed by atoms with E-state index in [4.69, 9.17) is 48.3 Å². The third kappa shape index (κ3) is 9.77. The molecular formula is C37H28BCl2N11O2. The van der Waals surface area contributed by atoms with Crippen molar-refractivity contribution in [2.45, 2.75) is 38.9 Å². The van der Waals surface area contributed by atoms with Gasteiger partial charge in [0, 0.05) is 29.0 Å². The van der Waals surface area contributed by atoms with Crippen molar-refractivity contribution in [3.8, 4) is 52.2 Å². The van der Waals surface area contributed by atoms with Gasteiger partial charge in [-0.3, -0.25) is 0 Å². The van der Waals surface area contributed by atoms with Crippen LogP contribution in [0.25, 0.3) is 34.0 Å². The second-order valence-corrected chi connectivity index (χ2v) is 13.0. The number of hydrogen-bond donors (Lipinski definition) is 0. The summed E-state index contributed by atoms with van der Waals surface area (Å²) >= 11 is 11.7. The number of halogens is 2. The number of nitriles is 3. The molecule has 0 aliphatic carbocycles. The van der Waals surface area contributed by atoms with E-state index in [1.807, 2.05) is 39.8 Å². The fraction of sp³-hybridized carbons (Fsp3) is 0.162. The average Bonchev–Trinajstić information content (AvgIpc) is 3.41. The molecule has 1 saturated heterocycles. The molecule has 0 N–H and O–H groups in total. The van der Waals surface area contributed by atoms with Gasteiger partial charge in [0.2, 0.25) is 0 Å². The van der Waals surface area contributed by atoms with Gasteiger partial charge in [0.05, 0.1) is 74.6 Å². The molecule has 260 valence electrons. The molecule has 1 aliphatic heterocycles. The minimum absolute atomic E-state index is 0.396. The molecule has 0 saturated carbocycles. The molecule has 53 heavy (non-hydrogen) atoms. The highest BCUT2D eigenvalue weighted by Crippen LogP contribution is 2.36. The molecule has 0 spiro atoms. The molecule has 2 aromatic carbocycles. The van der Waals surface area contributed by atoms with Gasteiger partial charge in [-0.1, -0.05) is 23.2 Å². The van der Waals surface area contributed by atoms with Crippen LogP contribution in [0.2, 0.25) is 10.2 Å². The molecule has 16 heteroatoms. The normalized spacial score (nSPS) is 13.5. The summed E-state index contributed by atoms with van der Waals surface area (Å²) < 4.78 is 11.8. The number of hydrogen-bond acceptors (Lipinski definition) is 13.